The van der Waals surface area contributed by atoms with Crippen LogP contribution in [0.3, 0.4) is 0 Å². The first-order chi connectivity index (χ1) is 10.9. The fraction of sp³-hybridized carbons (Fsp3) is 0.467. The van der Waals surface area contributed by atoms with Crippen LogP contribution in [0, 0.1) is 17.0 Å². The maximum absolute atomic E-state index is 11.6. The summed E-state index contributed by atoms with van der Waals surface area (Å²) in [7, 11) is 0. The van der Waals surface area contributed by atoms with Gasteiger partial charge in [-0.05, 0) is 31.9 Å². The normalized spacial score (nSPS) is 10.1. The van der Waals surface area contributed by atoms with Crippen LogP contribution in [0.2, 0.25) is 0 Å². The Morgan fingerprint density at radius 2 is 2.04 bits per heavy atom. The van der Waals surface area contributed by atoms with E-state index in [1.807, 2.05) is 0 Å². The van der Waals surface area contributed by atoms with Crippen LogP contribution in [0.1, 0.15) is 31.2 Å². The van der Waals surface area contributed by atoms with Crippen molar-refractivity contribution in [2.45, 2.75) is 32.6 Å². The summed E-state index contributed by atoms with van der Waals surface area (Å²) in [4.78, 5) is 32.1. The zero-order valence-electron chi connectivity index (χ0n) is 12.9. The highest BCUT2D eigenvalue weighted by Crippen LogP contribution is 2.22. The summed E-state index contributed by atoms with van der Waals surface area (Å²) >= 11 is 0. The summed E-state index contributed by atoms with van der Waals surface area (Å²) in [5.74, 6) is -0.718. The number of benzene rings is 1. The first kappa shape index (κ1) is 18.4. The van der Waals surface area contributed by atoms with Crippen LogP contribution in [0.15, 0.2) is 18.2 Å². The van der Waals surface area contributed by atoms with E-state index in [0.717, 1.165) is 6.42 Å². The number of hydrogen-bond acceptors (Lipinski definition) is 5. The van der Waals surface area contributed by atoms with Crippen molar-refractivity contribution >= 4 is 17.6 Å². The number of carboxylic acid groups (broad SMARTS) is 1. The van der Waals surface area contributed by atoms with Gasteiger partial charge in [0.25, 0.3) is 11.6 Å². The fourth-order valence-electron chi connectivity index (χ4n) is 1.93. The number of nitrogens with one attached hydrogen (secondary N) is 1. The smallest absolute Gasteiger partial charge is 0.303 e. The van der Waals surface area contributed by atoms with Crippen LogP contribution in [-0.4, -0.2) is 35.1 Å². The van der Waals surface area contributed by atoms with Gasteiger partial charge < -0.3 is 15.2 Å². The Morgan fingerprint density at radius 1 is 1.30 bits per heavy atom. The number of carbonyl (C=O) groups is 2. The number of carboxylic acids is 1. The number of unbranched alkanes of at least 4 members (excludes halogenated alkanes) is 2. The quantitative estimate of drug-likeness (QED) is 0.386. The number of nitro groups is 1. The average Bonchev–Trinajstić information content (AvgIpc) is 2.48. The second-order valence-electron chi connectivity index (χ2n) is 5.05. The maximum atomic E-state index is 11.6. The van der Waals surface area contributed by atoms with Crippen molar-refractivity contribution in [3.05, 3.63) is 33.9 Å². The van der Waals surface area contributed by atoms with E-state index in [0.29, 0.717) is 30.7 Å². The Balaban J connectivity index is 2.24. The van der Waals surface area contributed by atoms with Crippen molar-refractivity contribution in [1.29, 1.82) is 0 Å². The molecule has 8 nitrogen and oxygen atoms in total. The molecule has 0 saturated carbocycles. The summed E-state index contributed by atoms with van der Waals surface area (Å²) in [5.41, 5.74) is 0.467. The van der Waals surface area contributed by atoms with Crippen molar-refractivity contribution in [1.82, 2.24) is 5.32 Å². The molecule has 1 aromatic rings. The molecule has 0 aliphatic carbocycles. The van der Waals surface area contributed by atoms with E-state index in [4.69, 9.17) is 9.84 Å². The molecule has 0 aliphatic rings. The van der Waals surface area contributed by atoms with Crippen LogP contribution in [0.5, 0.6) is 5.75 Å². The SMILES string of the molecule is Cc1cc(OCC(=O)NCCCCCC(=O)O)ccc1[N+](=O)[O-]. The number of ether oxygens (including phenoxy) is 1. The van der Waals surface area contributed by atoms with E-state index in [9.17, 15) is 19.7 Å². The molecule has 0 heterocycles. The minimum Gasteiger partial charge on any atom is -0.484 e. The van der Waals surface area contributed by atoms with E-state index < -0.39 is 10.9 Å². The van der Waals surface area contributed by atoms with Gasteiger partial charge in [0.15, 0.2) is 6.61 Å². The molecule has 23 heavy (non-hydrogen) atoms. The Morgan fingerprint density at radius 3 is 2.65 bits per heavy atom. The number of aryl methyl sites for hydroxylation is 1. The van der Waals surface area contributed by atoms with Gasteiger partial charge in [-0.15, -0.1) is 0 Å². The molecule has 1 amide bonds. The summed E-state index contributed by atoms with van der Waals surface area (Å²) in [5, 5.41) is 21.8. The third-order valence-corrected chi connectivity index (χ3v) is 3.12. The van der Waals surface area contributed by atoms with Crippen LogP contribution in [-0.2, 0) is 9.59 Å². The highest BCUT2D eigenvalue weighted by Gasteiger charge is 2.11. The first-order valence-electron chi connectivity index (χ1n) is 7.26. The number of nitrogens with zero attached hydrogens (tertiary/aromatic N) is 1. The number of amides is 1. The molecule has 126 valence electrons. The molecule has 0 atom stereocenters. The van der Waals surface area contributed by atoms with Gasteiger partial charge in [0, 0.05) is 24.6 Å². The van der Waals surface area contributed by atoms with E-state index in [1.165, 1.54) is 18.2 Å². The van der Waals surface area contributed by atoms with Crippen molar-refractivity contribution in [3.8, 4) is 5.75 Å². The molecule has 0 spiro atoms. The Hall–Kier alpha value is -2.64. The Labute approximate surface area is 133 Å². The van der Waals surface area contributed by atoms with E-state index >= 15 is 0 Å². The lowest BCUT2D eigenvalue weighted by atomic mass is 10.2. The Kier molecular flexibility index (Phi) is 7.52. The lowest BCUT2D eigenvalue weighted by Gasteiger charge is -2.08. The number of carbonyl (C=O) groups excluding carboxylic acids is 1. The van der Waals surface area contributed by atoms with Crippen molar-refractivity contribution in [2.75, 3.05) is 13.2 Å². The summed E-state index contributed by atoms with van der Waals surface area (Å²) in [6.07, 6.45) is 2.16. The molecule has 2 N–H and O–H groups in total. The predicted octanol–water partition coefficient (Wildman–Crippen LogP) is 2.04. The number of nitro benzene ring substituents is 1. The van der Waals surface area contributed by atoms with Gasteiger partial charge in [-0.2, -0.15) is 0 Å². The van der Waals surface area contributed by atoms with Crippen molar-refractivity contribution in [3.63, 3.8) is 0 Å². The van der Waals surface area contributed by atoms with Crippen molar-refractivity contribution in [2.24, 2.45) is 0 Å². The largest absolute Gasteiger partial charge is 0.484 e. The molecule has 1 aromatic carbocycles. The fourth-order valence-corrected chi connectivity index (χ4v) is 1.93. The number of rotatable bonds is 10. The van der Waals surface area contributed by atoms with Gasteiger partial charge in [-0.3, -0.25) is 19.7 Å². The van der Waals surface area contributed by atoms with E-state index in [-0.39, 0.29) is 24.6 Å². The second-order valence-corrected chi connectivity index (χ2v) is 5.05. The zero-order chi connectivity index (χ0) is 17.2. The van der Waals surface area contributed by atoms with Crippen molar-refractivity contribution < 1.29 is 24.4 Å². The molecule has 8 heteroatoms. The lowest BCUT2D eigenvalue weighted by Crippen LogP contribution is -2.29. The third-order valence-electron chi connectivity index (χ3n) is 3.12. The van der Waals surface area contributed by atoms with Gasteiger partial charge in [0.1, 0.15) is 5.75 Å². The van der Waals surface area contributed by atoms with Crippen LogP contribution in [0.25, 0.3) is 0 Å². The van der Waals surface area contributed by atoms with Crippen LogP contribution >= 0.6 is 0 Å². The molecular weight excluding hydrogens is 304 g/mol. The highest BCUT2D eigenvalue weighted by atomic mass is 16.6. The molecule has 0 aliphatic heterocycles. The topological polar surface area (TPSA) is 119 Å². The second kappa shape index (κ2) is 9.39. The van der Waals surface area contributed by atoms with E-state index in [1.54, 1.807) is 6.92 Å². The number of aliphatic carboxylic acids is 1. The molecule has 0 radical (unpaired) electrons. The van der Waals surface area contributed by atoms with Gasteiger partial charge in [-0.1, -0.05) is 6.42 Å². The lowest BCUT2D eigenvalue weighted by molar-refractivity contribution is -0.385. The van der Waals surface area contributed by atoms with Gasteiger partial charge in [0.2, 0.25) is 0 Å². The van der Waals surface area contributed by atoms with Gasteiger partial charge in [-0.25, -0.2) is 0 Å². The number of hydrogen-bond donors (Lipinski definition) is 2. The maximum Gasteiger partial charge on any atom is 0.303 e. The van der Waals surface area contributed by atoms with Crippen LogP contribution in [0.4, 0.5) is 5.69 Å². The summed E-state index contributed by atoms with van der Waals surface area (Å²) in [6.45, 7) is 1.88. The molecular formula is C15H20N2O6. The zero-order valence-corrected chi connectivity index (χ0v) is 12.9. The molecule has 0 aromatic heterocycles. The summed E-state index contributed by atoms with van der Waals surface area (Å²) in [6, 6.07) is 4.30. The van der Waals surface area contributed by atoms with Crippen LogP contribution < -0.4 is 10.1 Å². The predicted molar refractivity (Wildman–Crippen MR) is 82.4 cm³/mol. The van der Waals surface area contributed by atoms with E-state index in [2.05, 4.69) is 5.32 Å². The van der Waals surface area contributed by atoms with Gasteiger partial charge in [0.05, 0.1) is 4.92 Å². The first-order valence-corrected chi connectivity index (χ1v) is 7.26. The average molecular weight is 324 g/mol. The molecule has 0 unspecified atom stereocenters. The minimum absolute atomic E-state index is 0.00293. The Bertz CT molecular complexity index is 573. The molecule has 0 bridgehead atoms. The summed E-state index contributed by atoms with van der Waals surface area (Å²) < 4.78 is 5.28. The highest BCUT2D eigenvalue weighted by molar-refractivity contribution is 5.77. The monoisotopic (exact) mass is 324 g/mol. The molecule has 0 saturated heterocycles. The molecule has 0 fully saturated rings. The molecule has 1 rings (SSSR count). The minimum atomic E-state index is -0.819. The third kappa shape index (κ3) is 7.25. The van der Waals surface area contributed by atoms with Gasteiger partial charge >= 0.3 is 5.97 Å². The standard InChI is InChI=1S/C15H20N2O6/c1-11-9-12(6-7-13(11)17(21)22)23-10-14(18)16-8-4-2-3-5-15(19)20/h6-7,9H,2-5,8,10H2,1H3,(H,16,18)(H,19,20).